The molecule has 6 nitrogen and oxygen atoms in total. The van der Waals surface area contributed by atoms with Crippen LogP contribution in [0.5, 0.6) is 0 Å². The van der Waals surface area contributed by atoms with Crippen molar-refractivity contribution >= 4 is 28.3 Å². The second-order valence-electron chi connectivity index (χ2n) is 6.85. The van der Waals surface area contributed by atoms with E-state index in [1.54, 1.807) is 4.90 Å². The zero-order valence-corrected chi connectivity index (χ0v) is 17.0. The van der Waals surface area contributed by atoms with E-state index in [1.807, 2.05) is 20.8 Å². The van der Waals surface area contributed by atoms with Crippen LogP contribution in [0.15, 0.2) is 0 Å². The minimum atomic E-state index is -0.181. The van der Waals surface area contributed by atoms with Crippen molar-refractivity contribution in [3.63, 3.8) is 0 Å². The summed E-state index contributed by atoms with van der Waals surface area (Å²) in [5.74, 6) is -0.00448. The molecule has 1 heterocycles. The van der Waals surface area contributed by atoms with Gasteiger partial charge in [0.15, 0.2) is 5.13 Å². The van der Waals surface area contributed by atoms with Crippen molar-refractivity contribution in [2.45, 2.75) is 59.3 Å². The van der Waals surface area contributed by atoms with Gasteiger partial charge in [0.25, 0.3) is 0 Å². The molecule has 7 heteroatoms. The second kappa shape index (κ2) is 10.6. The quantitative estimate of drug-likeness (QED) is 0.664. The first-order chi connectivity index (χ1) is 12.5. The van der Waals surface area contributed by atoms with Crippen molar-refractivity contribution in [1.82, 2.24) is 9.88 Å². The van der Waals surface area contributed by atoms with Gasteiger partial charge in [0.05, 0.1) is 12.2 Å². The Labute approximate surface area is 160 Å². The Hall–Kier alpha value is -1.47. The summed E-state index contributed by atoms with van der Waals surface area (Å²) in [6, 6.07) is 0. The van der Waals surface area contributed by atoms with E-state index in [2.05, 4.69) is 10.3 Å². The van der Waals surface area contributed by atoms with Crippen LogP contribution in [0.4, 0.5) is 5.13 Å². The van der Waals surface area contributed by atoms with Crippen LogP contribution in [0.25, 0.3) is 0 Å². The highest BCUT2D eigenvalue weighted by Crippen LogP contribution is 2.26. The number of amides is 2. The maximum atomic E-state index is 12.9. The van der Waals surface area contributed by atoms with Crippen LogP contribution in [0.2, 0.25) is 0 Å². The molecule has 0 saturated heterocycles. The van der Waals surface area contributed by atoms with Crippen molar-refractivity contribution in [3.05, 3.63) is 10.6 Å². The van der Waals surface area contributed by atoms with Gasteiger partial charge in [0.2, 0.25) is 11.8 Å². The predicted octanol–water partition coefficient (Wildman–Crippen LogP) is 3.53. The van der Waals surface area contributed by atoms with E-state index in [0.29, 0.717) is 24.9 Å². The standard InChI is InChI=1S/C19H31N3O3S/c1-4-25-12-8-11-22(18(24)16-9-6-5-7-10-16)13-17(23)21-19-20-14(2)15(3)26-19/h16H,4-13H2,1-3H3,(H,20,21,23). The number of aryl methyl sites for hydroxylation is 2. The van der Waals surface area contributed by atoms with Gasteiger partial charge in [-0.2, -0.15) is 0 Å². The Morgan fingerprint density at radius 2 is 2.00 bits per heavy atom. The lowest BCUT2D eigenvalue weighted by atomic mass is 9.88. The van der Waals surface area contributed by atoms with Gasteiger partial charge in [-0.15, -0.1) is 11.3 Å². The summed E-state index contributed by atoms with van der Waals surface area (Å²) in [4.78, 5) is 32.5. The van der Waals surface area contributed by atoms with Gasteiger partial charge in [-0.25, -0.2) is 4.98 Å². The molecule has 0 aliphatic heterocycles. The van der Waals surface area contributed by atoms with Crippen molar-refractivity contribution < 1.29 is 14.3 Å². The molecule has 0 atom stereocenters. The van der Waals surface area contributed by atoms with Crippen molar-refractivity contribution in [2.75, 3.05) is 31.6 Å². The summed E-state index contributed by atoms with van der Waals surface area (Å²) in [5.41, 5.74) is 0.928. The van der Waals surface area contributed by atoms with Crippen molar-refractivity contribution in [2.24, 2.45) is 5.92 Å². The predicted molar refractivity (Wildman–Crippen MR) is 104 cm³/mol. The molecule has 0 bridgehead atoms. The average molecular weight is 382 g/mol. The van der Waals surface area contributed by atoms with Crippen LogP contribution in [-0.4, -0.2) is 48.0 Å². The van der Waals surface area contributed by atoms with Gasteiger partial charge in [-0.05, 0) is 40.0 Å². The number of hydrogen-bond donors (Lipinski definition) is 1. The van der Waals surface area contributed by atoms with Crippen LogP contribution in [-0.2, 0) is 14.3 Å². The SMILES string of the molecule is CCOCCCN(CC(=O)Nc1nc(C)c(C)s1)C(=O)C1CCCCC1. The highest BCUT2D eigenvalue weighted by atomic mass is 32.1. The fourth-order valence-electron chi connectivity index (χ4n) is 3.24. The minimum absolute atomic E-state index is 0.0630. The molecule has 1 N–H and O–H groups in total. The van der Waals surface area contributed by atoms with Crippen LogP contribution in [0.3, 0.4) is 0 Å². The van der Waals surface area contributed by atoms with E-state index in [0.717, 1.165) is 42.7 Å². The number of nitrogens with zero attached hydrogens (tertiary/aromatic N) is 2. The molecule has 0 radical (unpaired) electrons. The molecular weight excluding hydrogens is 350 g/mol. The van der Waals surface area contributed by atoms with E-state index in [1.165, 1.54) is 17.8 Å². The molecule has 0 unspecified atom stereocenters. The molecule has 1 aromatic heterocycles. The summed E-state index contributed by atoms with van der Waals surface area (Å²) in [7, 11) is 0. The third-order valence-corrected chi connectivity index (χ3v) is 5.78. The van der Waals surface area contributed by atoms with E-state index < -0.39 is 0 Å². The topological polar surface area (TPSA) is 71.5 Å². The fraction of sp³-hybridized carbons (Fsp3) is 0.737. The maximum Gasteiger partial charge on any atom is 0.245 e. The number of aromatic nitrogens is 1. The molecule has 0 spiro atoms. The summed E-state index contributed by atoms with van der Waals surface area (Å²) in [6.07, 6.45) is 6.03. The molecule has 0 aromatic carbocycles. The molecule has 1 aliphatic carbocycles. The minimum Gasteiger partial charge on any atom is -0.382 e. The largest absolute Gasteiger partial charge is 0.382 e. The first kappa shape index (κ1) is 20.8. The Kier molecular flexibility index (Phi) is 8.51. The lowest BCUT2D eigenvalue weighted by Crippen LogP contribution is -2.42. The monoisotopic (exact) mass is 381 g/mol. The Bertz CT molecular complexity index is 577. The molecular formula is C19H31N3O3S. The van der Waals surface area contributed by atoms with Gasteiger partial charge in [0.1, 0.15) is 0 Å². The molecule has 1 aromatic rings. The third-order valence-electron chi connectivity index (χ3n) is 4.80. The van der Waals surface area contributed by atoms with Crippen LogP contribution >= 0.6 is 11.3 Å². The molecule has 1 saturated carbocycles. The summed E-state index contributed by atoms with van der Waals surface area (Å²) in [5, 5.41) is 3.44. The number of hydrogen-bond acceptors (Lipinski definition) is 5. The number of rotatable bonds is 9. The first-order valence-electron chi connectivity index (χ1n) is 9.61. The Balaban J connectivity index is 1.94. The lowest BCUT2D eigenvalue weighted by molar-refractivity contribution is -0.139. The van der Waals surface area contributed by atoms with E-state index in [9.17, 15) is 9.59 Å². The number of thiazole rings is 1. The number of ether oxygens (including phenoxy) is 1. The number of nitrogens with one attached hydrogen (secondary N) is 1. The molecule has 1 aliphatic rings. The number of anilines is 1. The van der Waals surface area contributed by atoms with Gasteiger partial charge >= 0.3 is 0 Å². The van der Waals surface area contributed by atoms with Gasteiger partial charge in [-0.1, -0.05) is 19.3 Å². The van der Waals surface area contributed by atoms with Crippen LogP contribution in [0.1, 0.15) is 56.0 Å². The molecule has 1 fully saturated rings. The van der Waals surface area contributed by atoms with E-state index in [-0.39, 0.29) is 24.3 Å². The second-order valence-corrected chi connectivity index (χ2v) is 8.06. The first-order valence-corrected chi connectivity index (χ1v) is 10.4. The van der Waals surface area contributed by atoms with Crippen molar-refractivity contribution in [1.29, 1.82) is 0 Å². The summed E-state index contributed by atoms with van der Waals surface area (Å²) < 4.78 is 5.38. The smallest absolute Gasteiger partial charge is 0.245 e. The fourth-order valence-corrected chi connectivity index (χ4v) is 4.07. The summed E-state index contributed by atoms with van der Waals surface area (Å²) >= 11 is 1.46. The van der Waals surface area contributed by atoms with Crippen LogP contribution < -0.4 is 5.32 Å². The van der Waals surface area contributed by atoms with Gasteiger partial charge in [-0.3, -0.25) is 9.59 Å². The summed E-state index contributed by atoms with van der Waals surface area (Å²) in [6.45, 7) is 7.77. The maximum absolute atomic E-state index is 12.9. The lowest BCUT2D eigenvalue weighted by Gasteiger charge is -2.29. The third kappa shape index (κ3) is 6.36. The average Bonchev–Trinajstić information content (AvgIpc) is 2.95. The Morgan fingerprint density at radius 3 is 2.62 bits per heavy atom. The van der Waals surface area contributed by atoms with Gasteiger partial charge in [0, 0.05) is 30.6 Å². The molecule has 146 valence electrons. The Morgan fingerprint density at radius 1 is 1.27 bits per heavy atom. The van der Waals surface area contributed by atoms with Crippen molar-refractivity contribution in [3.8, 4) is 0 Å². The molecule has 2 amide bonds. The number of carbonyl (C=O) groups is 2. The highest BCUT2D eigenvalue weighted by Gasteiger charge is 2.27. The molecule has 26 heavy (non-hydrogen) atoms. The van der Waals surface area contributed by atoms with E-state index in [4.69, 9.17) is 4.74 Å². The van der Waals surface area contributed by atoms with Gasteiger partial charge < -0.3 is 15.0 Å². The normalized spacial score (nSPS) is 15.0. The highest BCUT2D eigenvalue weighted by molar-refractivity contribution is 7.15. The van der Waals surface area contributed by atoms with Crippen LogP contribution in [0, 0.1) is 19.8 Å². The molecule has 2 rings (SSSR count). The van der Waals surface area contributed by atoms with E-state index >= 15 is 0 Å². The zero-order valence-electron chi connectivity index (χ0n) is 16.2. The number of carbonyl (C=O) groups excluding carboxylic acids is 2. The zero-order chi connectivity index (χ0) is 18.9.